The standard InChI is InChI=1S/C23H29N3O3S/c1-15(2)29-10-9-24-17-7-8-19-20(12-17)30-22-21(19)23(27)26(14-25-22)13-16-5-4-6-18(11-16)28-3/h4-6,11,14-15,17,24H,7-10,12-13H2,1-3H3/t17-/m0/s1. The van der Waals surface area contributed by atoms with E-state index in [4.69, 9.17) is 9.47 Å². The molecule has 2 heterocycles. The van der Waals surface area contributed by atoms with E-state index in [1.807, 2.05) is 24.3 Å². The van der Waals surface area contributed by atoms with Crippen LogP contribution in [0.15, 0.2) is 35.4 Å². The van der Waals surface area contributed by atoms with Crippen LogP contribution in [0, 0.1) is 0 Å². The molecule has 0 saturated heterocycles. The fourth-order valence-corrected chi connectivity index (χ4v) is 5.27. The van der Waals surface area contributed by atoms with Crippen LogP contribution >= 0.6 is 11.3 Å². The molecule has 7 heteroatoms. The van der Waals surface area contributed by atoms with Gasteiger partial charge in [-0.25, -0.2) is 4.98 Å². The highest BCUT2D eigenvalue weighted by Crippen LogP contribution is 2.33. The first-order valence-electron chi connectivity index (χ1n) is 10.5. The Morgan fingerprint density at radius 2 is 2.23 bits per heavy atom. The van der Waals surface area contributed by atoms with Crippen LogP contribution in [-0.4, -0.2) is 42.0 Å². The first-order valence-corrected chi connectivity index (χ1v) is 11.3. The predicted octanol–water partition coefficient (Wildman–Crippen LogP) is 3.39. The minimum absolute atomic E-state index is 0.0528. The number of aromatic nitrogens is 2. The number of thiophene rings is 1. The third-order valence-corrected chi connectivity index (χ3v) is 6.67. The second-order valence-corrected chi connectivity index (χ2v) is 9.11. The molecule has 0 saturated carbocycles. The molecular weight excluding hydrogens is 398 g/mol. The lowest BCUT2D eigenvalue weighted by Crippen LogP contribution is -2.36. The summed E-state index contributed by atoms with van der Waals surface area (Å²) >= 11 is 1.67. The average molecular weight is 428 g/mol. The van der Waals surface area contributed by atoms with Crippen molar-refractivity contribution in [2.24, 2.45) is 0 Å². The average Bonchev–Trinajstić information content (AvgIpc) is 3.12. The molecule has 160 valence electrons. The predicted molar refractivity (Wildman–Crippen MR) is 121 cm³/mol. The van der Waals surface area contributed by atoms with Crippen molar-refractivity contribution >= 4 is 21.6 Å². The molecule has 0 aliphatic heterocycles. The summed E-state index contributed by atoms with van der Waals surface area (Å²) in [5.41, 5.74) is 2.27. The van der Waals surface area contributed by atoms with Crippen LogP contribution in [0.4, 0.5) is 0 Å². The van der Waals surface area contributed by atoms with Gasteiger partial charge in [-0.2, -0.15) is 0 Å². The second kappa shape index (κ2) is 9.29. The van der Waals surface area contributed by atoms with E-state index in [1.165, 1.54) is 10.4 Å². The number of fused-ring (bicyclic) bond motifs is 3. The first-order chi connectivity index (χ1) is 14.5. The van der Waals surface area contributed by atoms with Gasteiger partial charge in [0.2, 0.25) is 0 Å². The Morgan fingerprint density at radius 1 is 1.37 bits per heavy atom. The van der Waals surface area contributed by atoms with Crippen molar-refractivity contribution in [2.75, 3.05) is 20.3 Å². The number of nitrogens with one attached hydrogen (secondary N) is 1. The lowest BCUT2D eigenvalue weighted by Gasteiger charge is -2.23. The van der Waals surface area contributed by atoms with Crippen LogP contribution < -0.4 is 15.6 Å². The van der Waals surface area contributed by atoms with Gasteiger partial charge in [-0.1, -0.05) is 12.1 Å². The van der Waals surface area contributed by atoms with Gasteiger partial charge in [-0.3, -0.25) is 9.36 Å². The number of methoxy groups -OCH3 is 1. The molecule has 1 atom stereocenters. The smallest absolute Gasteiger partial charge is 0.262 e. The minimum Gasteiger partial charge on any atom is -0.497 e. The van der Waals surface area contributed by atoms with Gasteiger partial charge < -0.3 is 14.8 Å². The van der Waals surface area contributed by atoms with Crippen molar-refractivity contribution in [1.29, 1.82) is 0 Å². The Hall–Kier alpha value is -2.22. The van der Waals surface area contributed by atoms with E-state index in [1.54, 1.807) is 29.3 Å². The van der Waals surface area contributed by atoms with E-state index in [-0.39, 0.29) is 11.7 Å². The zero-order valence-electron chi connectivity index (χ0n) is 17.8. The molecule has 0 spiro atoms. The minimum atomic E-state index is 0.0528. The van der Waals surface area contributed by atoms with Gasteiger partial charge in [-0.05, 0) is 56.4 Å². The van der Waals surface area contributed by atoms with Gasteiger partial charge >= 0.3 is 0 Å². The van der Waals surface area contributed by atoms with Crippen LogP contribution in [0.2, 0.25) is 0 Å². The van der Waals surface area contributed by atoms with Crippen LogP contribution in [0.3, 0.4) is 0 Å². The summed E-state index contributed by atoms with van der Waals surface area (Å²) < 4.78 is 12.6. The highest BCUT2D eigenvalue weighted by molar-refractivity contribution is 7.18. The zero-order chi connectivity index (χ0) is 21.1. The Labute approximate surface area is 180 Å². The number of hydrogen-bond donors (Lipinski definition) is 1. The van der Waals surface area contributed by atoms with Crippen LogP contribution in [0.5, 0.6) is 5.75 Å². The molecule has 30 heavy (non-hydrogen) atoms. The highest BCUT2D eigenvalue weighted by atomic mass is 32.1. The summed E-state index contributed by atoms with van der Waals surface area (Å²) in [4.78, 5) is 20.0. The number of ether oxygens (including phenoxy) is 2. The van der Waals surface area contributed by atoms with Crippen LogP contribution in [0.1, 0.15) is 36.3 Å². The van der Waals surface area contributed by atoms with Crippen molar-refractivity contribution in [3.8, 4) is 5.75 Å². The maximum atomic E-state index is 13.2. The maximum absolute atomic E-state index is 13.2. The summed E-state index contributed by atoms with van der Waals surface area (Å²) in [6.45, 7) is 6.18. The van der Waals surface area contributed by atoms with Crippen LogP contribution in [0.25, 0.3) is 10.2 Å². The van der Waals surface area contributed by atoms with Crippen molar-refractivity contribution in [3.63, 3.8) is 0 Å². The van der Waals surface area contributed by atoms with E-state index in [0.717, 1.165) is 53.9 Å². The van der Waals surface area contributed by atoms with Gasteiger partial charge in [0, 0.05) is 17.5 Å². The summed E-state index contributed by atoms with van der Waals surface area (Å²) in [5, 5.41) is 4.41. The fourth-order valence-electron chi connectivity index (χ4n) is 4.01. The molecule has 1 aliphatic carbocycles. The topological polar surface area (TPSA) is 65.4 Å². The molecule has 0 fully saturated rings. The molecule has 6 nitrogen and oxygen atoms in total. The van der Waals surface area contributed by atoms with Crippen molar-refractivity contribution < 1.29 is 9.47 Å². The SMILES string of the molecule is COc1cccc(Cn2cnc3sc4c(c3c2=O)CC[C@H](NCCOC(C)C)C4)c1. The van der Waals surface area contributed by atoms with E-state index in [9.17, 15) is 4.79 Å². The first kappa shape index (κ1) is 21.0. The third kappa shape index (κ3) is 4.58. The summed E-state index contributed by atoms with van der Waals surface area (Å²) in [6, 6.07) is 8.24. The van der Waals surface area contributed by atoms with E-state index in [2.05, 4.69) is 24.1 Å². The van der Waals surface area contributed by atoms with E-state index >= 15 is 0 Å². The molecule has 4 rings (SSSR count). The molecule has 2 aromatic heterocycles. The lowest BCUT2D eigenvalue weighted by molar-refractivity contribution is 0.0791. The third-order valence-electron chi connectivity index (χ3n) is 5.51. The number of hydrogen-bond acceptors (Lipinski definition) is 6. The van der Waals surface area contributed by atoms with Gasteiger partial charge in [0.1, 0.15) is 10.6 Å². The van der Waals surface area contributed by atoms with Crippen molar-refractivity contribution in [2.45, 2.75) is 51.8 Å². The maximum Gasteiger partial charge on any atom is 0.262 e. The van der Waals surface area contributed by atoms with E-state index < -0.39 is 0 Å². The van der Waals surface area contributed by atoms with Gasteiger partial charge in [-0.15, -0.1) is 11.3 Å². The Bertz CT molecular complexity index is 1070. The van der Waals surface area contributed by atoms with Gasteiger partial charge in [0.05, 0.1) is 38.1 Å². The molecule has 1 aliphatic rings. The summed E-state index contributed by atoms with van der Waals surface area (Å²) in [5.74, 6) is 0.792. The lowest BCUT2D eigenvalue weighted by atomic mass is 9.93. The van der Waals surface area contributed by atoms with Crippen molar-refractivity contribution in [3.05, 3.63) is 57.0 Å². The van der Waals surface area contributed by atoms with Gasteiger partial charge in [0.15, 0.2) is 0 Å². The number of rotatable bonds is 8. The molecule has 0 bridgehead atoms. The largest absolute Gasteiger partial charge is 0.497 e. The number of nitrogens with zero attached hydrogens (tertiary/aromatic N) is 2. The second-order valence-electron chi connectivity index (χ2n) is 8.03. The normalized spacial score (nSPS) is 16.2. The fraction of sp³-hybridized carbons (Fsp3) is 0.478. The molecular formula is C23H29N3O3S. The zero-order valence-corrected chi connectivity index (χ0v) is 18.6. The molecule has 1 aromatic carbocycles. The molecule has 0 amide bonds. The number of aryl methyl sites for hydroxylation is 1. The van der Waals surface area contributed by atoms with Crippen LogP contribution in [-0.2, 0) is 24.1 Å². The van der Waals surface area contributed by atoms with E-state index in [0.29, 0.717) is 12.6 Å². The van der Waals surface area contributed by atoms with Gasteiger partial charge in [0.25, 0.3) is 5.56 Å². The summed E-state index contributed by atoms with van der Waals surface area (Å²) in [6.07, 6.45) is 4.83. The molecule has 0 unspecified atom stereocenters. The van der Waals surface area contributed by atoms with Crippen molar-refractivity contribution in [1.82, 2.24) is 14.9 Å². The Morgan fingerprint density at radius 3 is 3.03 bits per heavy atom. The monoisotopic (exact) mass is 427 g/mol. The molecule has 3 aromatic rings. The Balaban J connectivity index is 1.52. The quantitative estimate of drug-likeness (QED) is 0.558. The molecule has 1 N–H and O–H groups in total. The summed E-state index contributed by atoms with van der Waals surface area (Å²) in [7, 11) is 1.65. The molecule has 0 radical (unpaired) electrons. The highest BCUT2D eigenvalue weighted by Gasteiger charge is 2.25. The Kier molecular flexibility index (Phi) is 6.51. The number of benzene rings is 1.